The molecule has 0 aromatic heterocycles. The van der Waals surface area contributed by atoms with E-state index in [-0.39, 0.29) is 72.7 Å². The molecule has 0 fully saturated rings. The van der Waals surface area contributed by atoms with Crippen molar-refractivity contribution >= 4 is 24.8 Å². The second-order valence-electron chi connectivity index (χ2n) is 1.00. The van der Waals surface area contributed by atoms with Gasteiger partial charge in [-0.25, -0.2) is 12.2 Å². The van der Waals surface area contributed by atoms with Gasteiger partial charge in [-0.2, -0.15) is 6.08 Å². The minimum Gasteiger partial charge on any atom is -0.273 e. The molecule has 4 heteroatoms. The van der Waals surface area contributed by atoms with Crippen molar-refractivity contribution in [3.05, 3.63) is 24.3 Å². The number of hydrogen-bond donors (Lipinski definition) is 0. The van der Waals surface area contributed by atoms with E-state index in [2.05, 4.69) is 12.2 Å². The molecule has 50 valence electrons. The summed E-state index contributed by atoms with van der Waals surface area (Å²) in [5.74, 6) is 0. The first kappa shape index (κ1) is 22.4. The Kier molecular flexibility index (Phi) is 40.7. The van der Waals surface area contributed by atoms with Crippen LogP contribution in [0, 0.1) is 6.08 Å². The van der Waals surface area contributed by atoms with Gasteiger partial charge in [0.15, 0.2) is 0 Å². The summed E-state index contributed by atoms with van der Waals surface area (Å²) in [5.41, 5.74) is 0. The van der Waals surface area contributed by atoms with Gasteiger partial charge < -0.3 is 0 Å². The Morgan fingerprint density at radius 3 is 1.89 bits per heavy atom. The Morgan fingerprint density at radius 2 is 1.78 bits per heavy atom. The molecule has 0 radical (unpaired) electrons. The monoisotopic (exact) mass is 275 g/mol. The minimum atomic E-state index is 0. The first-order valence-corrected chi connectivity index (χ1v) is 1.72. The van der Waals surface area contributed by atoms with E-state index in [1.807, 2.05) is 12.2 Å². The molecule has 9 heavy (non-hydrogen) atoms. The second kappa shape index (κ2) is 16.3. The van der Waals surface area contributed by atoms with E-state index in [0.29, 0.717) is 0 Å². The third kappa shape index (κ3) is 12.8. The normalized spacial score (nSPS) is 9.78. The molecule has 0 N–H and O–H groups in total. The molecule has 0 nitrogen and oxygen atoms in total. The summed E-state index contributed by atoms with van der Waals surface area (Å²) >= 11 is 0. The molecular formula is C5H7Cl2TiZr-. The molecule has 0 heterocycles. The fourth-order valence-corrected chi connectivity index (χ4v) is 0.340. The number of halogens is 2. The smallest absolute Gasteiger partial charge is 0 e. The molecule has 0 atom stereocenters. The van der Waals surface area contributed by atoms with Gasteiger partial charge in [-0.3, -0.25) is 6.08 Å². The summed E-state index contributed by atoms with van der Waals surface area (Å²) < 4.78 is 0. The first-order valence-electron chi connectivity index (χ1n) is 1.72. The van der Waals surface area contributed by atoms with Crippen LogP contribution in [0.25, 0.3) is 0 Å². The topological polar surface area (TPSA) is 0 Å². The van der Waals surface area contributed by atoms with Gasteiger partial charge in [-0.1, -0.05) is 0 Å². The summed E-state index contributed by atoms with van der Waals surface area (Å²) in [4.78, 5) is 0. The van der Waals surface area contributed by atoms with Crippen molar-refractivity contribution in [1.29, 1.82) is 0 Å². The molecule has 1 aliphatic carbocycles. The molecule has 0 unspecified atom stereocenters. The molecule has 0 aliphatic heterocycles. The largest absolute Gasteiger partial charge is 0.273 e. The van der Waals surface area contributed by atoms with Crippen LogP contribution in [0.1, 0.15) is 6.42 Å². The fourth-order valence-electron chi connectivity index (χ4n) is 0.340. The van der Waals surface area contributed by atoms with Crippen LogP contribution in [-0.4, -0.2) is 0 Å². The van der Waals surface area contributed by atoms with Gasteiger partial charge in [0.05, 0.1) is 0 Å². The SMILES string of the molecule is Cl.Cl.[C-]1=CC=CC1.[Ti].[Zr]. The maximum absolute atomic E-state index is 2.99. The Bertz CT molecular complexity index is 73.0. The van der Waals surface area contributed by atoms with Crippen molar-refractivity contribution in [1.82, 2.24) is 0 Å². The van der Waals surface area contributed by atoms with Gasteiger partial charge in [0.2, 0.25) is 0 Å². The summed E-state index contributed by atoms with van der Waals surface area (Å²) in [6.45, 7) is 0. The Balaban J connectivity index is -0.0000000312. The van der Waals surface area contributed by atoms with Crippen molar-refractivity contribution in [3.63, 3.8) is 0 Å². The van der Waals surface area contributed by atoms with Crippen molar-refractivity contribution in [2.24, 2.45) is 0 Å². The summed E-state index contributed by atoms with van der Waals surface area (Å²) in [6.07, 6.45) is 10.0. The third-order valence-corrected chi connectivity index (χ3v) is 0.586. The predicted octanol–water partition coefficient (Wildman–Crippen LogP) is 2.14. The standard InChI is InChI=1S/C5H5.2ClH.Ti.Zr/c1-2-4-5-3-1;;;;/h1-3H,4H2;2*1H;;/q-1;;;;. The quantitative estimate of drug-likeness (QED) is 0.470. The van der Waals surface area contributed by atoms with Gasteiger partial charge in [0.25, 0.3) is 0 Å². The molecule has 0 aromatic rings. The van der Waals surface area contributed by atoms with E-state index < -0.39 is 0 Å². The third-order valence-electron chi connectivity index (χ3n) is 0.586. The molecule has 1 aliphatic rings. The van der Waals surface area contributed by atoms with E-state index in [9.17, 15) is 0 Å². The summed E-state index contributed by atoms with van der Waals surface area (Å²) in [6, 6.07) is 0. The fraction of sp³-hybridized carbons (Fsp3) is 0.200. The van der Waals surface area contributed by atoms with E-state index in [4.69, 9.17) is 0 Å². The van der Waals surface area contributed by atoms with Gasteiger partial charge >= 0.3 is 0 Å². The van der Waals surface area contributed by atoms with Crippen molar-refractivity contribution in [3.8, 4) is 0 Å². The van der Waals surface area contributed by atoms with Crippen LogP contribution in [0.4, 0.5) is 0 Å². The van der Waals surface area contributed by atoms with Crippen LogP contribution < -0.4 is 0 Å². The van der Waals surface area contributed by atoms with Crippen LogP contribution in [0.3, 0.4) is 0 Å². The molecular weight excluding hydrogens is 270 g/mol. The van der Waals surface area contributed by atoms with E-state index >= 15 is 0 Å². The maximum Gasteiger partial charge on any atom is 0 e. The maximum atomic E-state index is 2.99. The van der Waals surface area contributed by atoms with Gasteiger partial charge in [-0.15, -0.1) is 31.2 Å². The molecule has 1 rings (SSSR count). The van der Waals surface area contributed by atoms with Gasteiger partial charge in [-0.05, 0) is 0 Å². The molecule has 0 spiro atoms. The molecule has 0 saturated carbocycles. The zero-order chi connectivity index (χ0) is 3.54. The Hall–Kier alpha value is 1.66. The first-order chi connectivity index (χ1) is 2.50. The predicted molar refractivity (Wildman–Crippen MR) is 36.1 cm³/mol. The van der Waals surface area contributed by atoms with Crippen LogP contribution in [-0.2, 0) is 47.9 Å². The van der Waals surface area contributed by atoms with E-state index in [0.717, 1.165) is 6.42 Å². The summed E-state index contributed by atoms with van der Waals surface area (Å²) in [5, 5.41) is 0. The average molecular weight is 277 g/mol. The van der Waals surface area contributed by atoms with Crippen molar-refractivity contribution < 1.29 is 47.9 Å². The Labute approximate surface area is 102 Å². The minimum absolute atomic E-state index is 0. The number of rotatable bonds is 0. The second-order valence-corrected chi connectivity index (χ2v) is 1.00. The van der Waals surface area contributed by atoms with Crippen LogP contribution >= 0.6 is 24.8 Å². The molecule has 0 saturated heterocycles. The number of hydrogen-bond acceptors (Lipinski definition) is 0. The molecule has 0 aromatic carbocycles. The van der Waals surface area contributed by atoms with Crippen molar-refractivity contribution in [2.75, 3.05) is 0 Å². The van der Waals surface area contributed by atoms with Crippen molar-refractivity contribution in [2.45, 2.75) is 6.42 Å². The summed E-state index contributed by atoms with van der Waals surface area (Å²) in [7, 11) is 0. The van der Waals surface area contributed by atoms with Crippen LogP contribution in [0.2, 0.25) is 0 Å². The average Bonchev–Trinajstić information content (AvgIpc) is 1.76. The Morgan fingerprint density at radius 1 is 1.22 bits per heavy atom. The van der Waals surface area contributed by atoms with E-state index in [1.54, 1.807) is 0 Å². The zero-order valence-corrected chi connectivity index (χ0v) is 10.4. The van der Waals surface area contributed by atoms with E-state index in [1.165, 1.54) is 0 Å². The van der Waals surface area contributed by atoms with Crippen LogP contribution in [0.15, 0.2) is 18.2 Å². The number of allylic oxidation sites excluding steroid dienone is 4. The van der Waals surface area contributed by atoms with Gasteiger partial charge in [0.1, 0.15) is 0 Å². The molecule has 0 bridgehead atoms. The van der Waals surface area contributed by atoms with Crippen LogP contribution in [0.5, 0.6) is 0 Å². The zero-order valence-electron chi connectivity index (χ0n) is 4.76. The van der Waals surface area contributed by atoms with Gasteiger partial charge in [0, 0.05) is 47.9 Å². The molecule has 0 amide bonds.